The van der Waals surface area contributed by atoms with Crippen LogP contribution < -0.4 is 10.1 Å². The van der Waals surface area contributed by atoms with E-state index in [2.05, 4.69) is 34.3 Å². The predicted molar refractivity (Wildman–Crippen MR) is 100 cm³/mol. The maximum Gasteiger partial charge on any atom is 0.230 e. The first-order chi connectivity index (χ1) is 11.8. The van der Waals surface area contributed by atoms with Crippen molar-refractivity contribution in [2.75, 3.05) is 5.75 Å². The van der Waals surface area contributed by atoms with E-state index in [0.29, 0.717) is 21.9 Å². The third kappa shape index (κ3) is 6.25. The second kappa shape index (κ2) is 9.10. The van der Waals surface area contributed by atoms with Crippen molar-refractivity contribution >= 4 is 29.3 Å². The Labute approximate surface area is 157 Å². The highest BCUT2D eigenvalue weighted by molar-refractivity contribution is 7.99. The molecular weight excluding hydrogens is 360 g/mol. The summed E-state index contributed by atoms with van der Waals surface area (Å²) in [6.07, 6.45) is 0. The van der Waals surface area contributed by atoms with E-state index >= 15 is 0 Å². The summed E-state index contributed by atoms with van der Waals surface area (Å²) in [5, 5.41) is 11.1. The standard InChI is InChI=1S/C17H23ClN4O2S/c1-10(2)12(4)19-16(23)9-25-17-20-15(21-22-17)8-24-13-5-6-14(18)11(3)7-13/h5-7,10,12H,8-9H2,1-4H3,(H,19,23)(H,20,21,22)/t12-/m1/s1. The van der Waals surface area contributed by atoms with Gasteiger partial charge in [0.05, 0.1) is 5.75 Å². The summed E-state index contributed by atoms with van der Waals surface area (Å²) >= 11 is 7.28. The fraction of sp³-hybridized carbons (Fsp3) is 0.471. The Morgan fingerprint density at radius 1 is 1.40 bits per heavy atom. The van der Waals surface area contributed by atoms with Gasteiger partial charge in [0.2, 0.25) is 11.1 Å². The van der Waals surface area contributed by atoms with E-state index in [1.165, 1.54) is 11.8 Å². The van der Waals surface area contributed by atoms with Crippen LogP contribution in [0.1, 0.15) is 32.2 Å². The van der Waals surface area contributed by atoms with Gasteiger partial charge in [0.15, 0.2) is 5.82 Å². The zero-order chi connectivity index (χ0) is 18.4. The SMILES string of the molecule is Cc1cc(OCc2nc(SCC(=O)N[C@H](C)C(C)C)n[nH]2)ccc1Cl. The van der Waals surface area contributed by atoms with E-state index < -0.39 is 0 Å². The van der Waals surface area contributed by atoms with Gasteiger partial charge in [-0.3, -0.25) is 9.89 Å². The molecule has 1 heterocycles. The molecule has 0 spiro atoms. The molecular formula is C17H23ClN4O2S. The number of H-pyrrole nitrogens is 1. The summed E-state index contributed by atoms with van der Waals surface area (Å²) in [6, 6.07) is 5.62. The molecule has 0 aliphatic heterocycles. The van der Waals surface area contributed by atoms with Crippen molar-refractivity contribution in [3.63, 3.8) is 0 Å². The van der Waals surface area contributed by atoms with Crippen LogP contribution in [0.5, 0.6) is 5.75 Å². The van der Waals surface area contributed by atoms with Gasteiger partial charge in [0.25, 0.3) is 0 Å². The summed E-state index contributed by atoms with van der Waals surface area (Å²) in [6.45, 7) is 8.33. The number of hydrogen-bond acceptors (Lipinski definition) is 5. The lowest BCUT2D eigenvalue weighted by atomic mass is 10.1. The van der Waals surface area contributed by atoms with E-state index in [1.54, 1.807) is 6.07 Å². The van der Waals surface area contributed by atoms with Crippen molar-refractivity contribution in [3.05, 3.63) is 34.6 Å². The highest BCUT2D eigenvalue weighted by Crippen LogP contribution is 2.21. The number of ether oxygens (including phenoxy) is 1. The number of nitrogens with one attached hydrogen (secondary N) is 2. The van der Waals surface area contributed by atoms with E-state index in [-0.39, 0.29) is 24.3 Å². The molecule has 2 aromatic rings. The molecule has 1 atom stereocenters. The molecule has 2 rings (SSSR count). The lowest BCUT2D eigenvalue weighted by molar-refractivity contribution is -0.119. The van der Waals surface area contributed by atoms with Gasteiger partial charge >= 0.3 is 0 Å². The molecule has 1 amide bonds. The molecule has 0 saturated carbocycles. The molecule has 0 fully saturated rings. The van der Waals surface area contributed by atoms with E-state index in [0.717, 1.165) is 11.3 Å². The largest absolute Gasteiger partial charge is 0.486 e. The lowest BCUT2D eigenvalue weighted by Gasteiger charge is -2.16. The van der Waals surface area contributed by atoms with Crippen LogP contribution in [0, 0.1) is 12.8 Å². The van der Waals surface area contributed by atoms with Crippen LogP contribution in [-0.4, -0.2) is 32.9 Å². The first-order valence-electron chi connectivity index (χ1n) is 8.07. The molecule has 0 aliphatic rings. The first-order valence-corrected chi connectivity index (χ1v) is 9.44. The Kier molecular flexibility index (Phi) is 7.13. The number of aryl methyl sites for hydroxylation is 1. The van der Waals surface area contributed by atoms with Crippen molar-refractivity contribution in [2.24, 2.45) is 5.92 Å². The number of aromatic nitrogens is 3. The quantitative estimate of drug-likeness (QED) is 0.682. The molecule has 1 aromatic heterocycles. The van der Waals surface area contributed by atoms with Crippen molar-refractivity contribution in [1.82, 2.24) is 20.5 Å². The third-order valence-electron chi connectivity index (χ3n) is 3.74. The number of nitrogens with zero attached hydrogens (tertiary/aromatic N) is 2. The molecule has 0 radical (unpaired) electrons. The van der Waals surface area contributed by atoms with Crippen LogP contribution in [-0.2, 0) is 11.4 Å². The van der Waals surface area contributed by atoms with Gasteiger partial charge < -0.3 is 10.1 Å². The van der Waals surface area contributed by atoms with Crippen molar-refractivity contribution in [1.29, 1.82) is 0 Å². The molecule has 1 aromatic carbocycles. The van der Waals surface area contributed by atoms with Crippen LogP contribution in [0.2, 0.25) is 5.02 Å². The molecule has 0 bridgehead atoms. The first kappa shape index (κ1) is 19.6. The van der Waals surface area contributed by atoms with Crippen molar-refractivity contribution in [2.45, 2.75) is 45.5 Å². The number of halogens is 1. The second-order valence-electron chi connectivity index (χ2n) is 6.15. The van der Waals surface area contributed by atoms with Gasteiger partial charge in [-0.2, -0.15) is 0 Å². The third-order valence-corrected chi connectivity index (χ3v) is 5.01. The minimum atomic E-state index is -0.0227. The predicted octanol–water partition coefficient (Wildman–Crippen LogP) is 3.60. The number of amides is 1. The Hall–Kier alpha value is -1.73. The number of carbonyl (C=O) groups excluding carboxylic acids is 1. The molecule has 25 heavy (non-hydrogen) atoms. The van der Waals surface area contributed by atoms with Gasteiger partial charge in [-0.1, -0.05) is 37.2 Å². The normalized spacial score (nSPS) is 12.2. The fourth-order valence-corrected chi connectivity index (χ4v) is 2.60. The summed E-state index contributed by atoms with van der Waals surface area (Å²) < 4.78 is 5.66. The Bertz CT molecular complexity index is 720. The van der Waals surface area contributed by atoms with E-state index in [1.807, 2.05) is 26.0 Å². The Morgan fingerprint density at radius 2 is 2.16 bits per heavy atom. The minimum absolute atomic E-state index is 0.0227. The van der Waals surface area contributed by atoms with Gasteiger partial charge in [-0.25, -0.2) is 4.98 Å². The number of thioether (sulfide) groups is 1. The number of benzene rings is 1. The Balaban J connectivity index is 1.79. The minimum Gasteiger partial charge on any atom is -0.486 e. The lowest BCUT2D eigenvalue weighted by Crippen LogP contribution is -2.37. The topological polar surface area (TPSA) is 79.9 Å². The van der Waals surface area contributed by atoms with Crippen LogP contribution in [0.25, 0.3) is 0 Å². The molecule has 8 heteroatoms. The average molecular weight is 383 g/mol. The number of carbonyl (C=O) groups is 1. The van der Waals surface area contributed by atoms with Crippen molar-refractivity contribution in [3.8, 4) is 5.75 Å². The molecule has 6 nitrogen and oxygen atoms in total. The van der Waals surface area contributed by atoms with E-state index in [9.17, 15) is 4.79 Å². The summed E-state index contributed by atoms with van der Waals surface area (Å²) in [5.41, 5.74) is 0.953. The van der Waals surface area contributed by atoms with Crippen LogP contribution >= 0.6 is 23.4 Å². The average Bonchev–Trinajstić information content (AvgIpc) is 3.02. The maximum absolute atomic E-state index is 11.9. The zero-order valence-electron chi connectivity index (χ0n) is 14.8. The molecule has 0 saturated heterocycles. The highest BCUT2D eigenvalue weighted by atomic mass is 35.5. The molecule has 2 N–H and O–H groups in total. The zero-order valence-corrected chi connectivity index (χ0v) is 16.4. The number of rotatable bonds is 8. The van der Waals surface area contributed by atoms with Gasteiger partial charge in [0.1, 0.15) is 12.4 Å². The maximum atomic E-state index is 11.9. The summed E-state index contributed by atoms with van der Waals surface area (Å²) in [4.78, 5) is 16.2. The highest BCUT2D eigenvalue weighted by Gasteiger charge is 2.12. The van der Waals surface area contributed by atoms with Gasteiger partial charge in [-0.15, -0.1) is 5.10 Å². The van der Waals surface area contributed by atoms with Crippen LogP contribution in [0.3, 0.4) is 0 Å². The molecule has 0 unspecified atom stereocenters. The number of aromatic amines is 1. The summed E-state index contributed by atoms with van der Waals surface area (Å²) in [5.74, 6) is 1.98. The smallest absolute Gasteiger partial charge is 0.230 e. The van der Waals surface area contributed by atoms with Crippen LogP contribution in [0.4, 0.5) is 0 Å². The van der Waals surface area contributed by atoms with Crippen LogP contribution in [0.15, 0.2) is 23.4 Å². The number of hydrogen-bond donors (Lipinski definition) is 2. The van der Waals surface area contributed by atoms with Gasteiger partial charge in [0, 0.05) is 11.1 Å². The Morgan fingerprint density at radius 3 is 2.84 bits per heavy atom. The summed E-state index contributed by atoms with van der Waals surface area (Å²) in [7, 11) is 0. The van der Waals surface area contributed by atoms with Crippen molar-refractivity contribution < 1.29 is 9.53 Å². The van der Waals surface area contributed by atoms with Gasteiger partial charge in [-0.05, 0) is 43.5 Å². The fourth-order valence-electron chi connectivity index (χ4n) is 1.86. The molecule has 0 aliphatic carbocycles. The van der Waals surface area contributed by atoms with E-state index in [4.69, 9.17) is 16.3 Å². The molecule has 136 valence electrons. The monoisotopic (exact) mass is 382 g/mol. The second-order valence-corrected chi connectivity index (χ2v) is 7.50.